The summed E-state index contributed by atoms with van der Waals surface area (Å²) in [5, 5.41) is 27.1. The number of cyclic esters (lactones) is 1. The van der Waals surface area contributed by atoms with Crippen molar-refractivity contribution in [3.63, 3.8) is 0 Å². The Morgan fingerprint density at radius 1 is 0.965 bits per heavy atom. The maximum atomic E-state index is 14.3. The number of rotatable bonds is 7. The second-order valence-electron chi connectivity index (χ2n) is 17.5. The number of ketones is 2. The summed E-state index contributed by atoms with van der Waals surface area (Å²) in [6, 6.07) is -0.887. The van der Waals surface area contributed by atoms with Crippen LogP contribution in [-0.2, 0) is 42.9 Å². The summed E-state index contributed by atoms with van der Waals surface area (Å²) in [4.78, 5) is 57.9. The van der Waals surface area contributed by atoms with Crippen LogP contribution in [0.1, 0.15) is 112 Å². The standard InChI is InChI=1S/C44H72N2O11/c1-11-31-19-25(2)18-26(3)20-37(54-9)40-38(55-10)22-28(5)44(52,57-40)41(49)42(50)46-17-13-12-14-33(46)43(51)56-39(29(6)34(47)24-35(31)48)27(4)21-30-15-16-32(45-7)36(23-30)53-8/h19,21,26,28-34,36-40,45,47,52H,11-18,20,22-24H2,1-10H3. The predicted molar refractivity (Wildman–Crippen MR) is 215 cm³/mol. The van der Waals surface area contributed by atoms with E-state index in [0.29, 0.717) is 32.1 Å². The van der Waals surface area contributed by atoms with E-state index in [9.17, 15) is 29.4 Å². The topological polar surface area (TPSA) is 170 Å². The number of piperidine rings is 1. The van der Waals surface area contributed by atoms with Crippen molar-refractivity contribution in [1.82, 2.24) is 10.2 Å². The van der Waals surface area contributed by atoms with Gasteiger partial charge >= 0.3 is 5.97 Å². The highest BCUT2D eigenvalue weighted by atomic mass is 16.7. The summed E-state index contributed by atoms with van der Waals surface area (Å²) in [6.07, 6.45) is 5.75. The SMILES string of the molecule is CCC1C=C(C)CC(C)CC(OC)C2OC(O)(C(=O)C(=O)N3CCCCC3C(=O)OC(C(C)=CC3CCC(NC)C(OC)C3)C(C)C(O)CC1=O)C(C)CC2OC. The van der Waals surface area contributed by atoms with Crippen LogP contribution in [-0.4, -0.2) is 128 Å². The van der Waals surface area contributed by atoms with Crippen LogP contribution in [0.15, 0.2) is 23.3 Å². The lowest BCUT2D eigenvalue weighted by Crippen LogP contribution is -2.64. The molecule has 1 aliphatic carbocycles. The summed E-state index contributed by atoms with van der Waals surface area (Å²) >= 11 is 0. The molecule has 14 atom stereocenters. The van der Waals surface area contributed by atoms with Crippen LogP contribution in [0, 0.1) is 29.6 Å². The molecule has 0 spiro atoms. The Morgan fingerprint density at radius 2 is 1.63 bits per heavy atom. The van der Waals surface area contributed by atoms with Gasteiger partial charge in [0.25, 0.3) is 11.7 Å². The third kappa shape index (κ3) is 11.2. The number of allylic oxidation sites excluding steroid dienone is 3. The molecule has 0 aromatic rings. The zero-order valence-corrected chi connectivity index (χ0v) is 36.2. The molecule has 57 heavy (non-hydrogen) atoms. The molecule has 3 fully saturated rings. The molecule has 0 radical (unpaired) electrons. The number of carbonyl (C=O) groups is 4. The minimum Gasteiger partial charge on any atom is -0.456 e. The molecule has 3 heterocycles. The van der Waals surface area contributed by atoms with Gasteiger partial charge in [0.15, 0.2) is 0 Å². The minimum atomic E-state index is -2.49. The van der Waals surface area contributed by atoms with Crippen molar-refractivity contribution in [2.75, 3.05) is 34.9 Å². The van der Waals surface area contributed by atoms with Gasteiger partial charge in [0.1, 0.15) is 24.0 Å². The first-order chi connectivity index (χ1) is 27.0. The number of carbonyl (C=O) groups excluding carboxylic acids is 4. The van der Waals surface area contributed by atoms with E-state index < -0.39 is 77.8 Å². The normalized spacial score (nSPS) is 40.1. The summed E-state index contributed by atoms with van der Waals surface area (Å²) < 4.78 is 30.1. The van der Waals surface area contributed by atoms with Crippen LogP contribution < -0.4 is 5.32 Å². The predicted octanol–water partition coefficient (Wildman–Crippen LogP) is 4.70. The largest absolute Gasteiger partial charge is 0.456 e. The van der Waals surface area contributed by atoms with E-state index in [1.54, 1.807) is 35.2 Å². The van der Waals surface area contributed by atoms with Crippen molar-refractivity contribution in [3.05, 3.63) is 23.3 Å². The molecule has 3 aliphatic heterocycles. The molecular weight excluding hydrogens is 732 g/mol. The number of likely N-dealkylation sites (N-methyl/N-ethyl adjacent to an activating group) is 1. The molecule has 324 valence electrons. The third-order valence-electron chi connectivity index (χ3n) is 13.3. The Balaban J connectivity index is 1.76. The van der Waals surface area contributed by atoms with Crippen LogP contribution in [0.3, 0.4) is 0 Å². The number of nitrogens with zero attached hydrogens (tertiary/aromatic N) is 1. The van der Waals surface area contributed by atoms with Crippen LogP contribution in [0.2, 0.25) is 0 Å². The Hall–Kier alpha value is -2.52. The fourth-order valence-corrected chi connectivity index (χ4v) is 9.74. The number of methoxy groups -OCH3 is 3. The number of fused-ring (bicyclic) bond motifs is 3. The van der Waals surface area contributed by atoms with E-state index in [4.69, 9.17) is 23.7 Å². The van der Waals surface area contributed by atoms with Gasteiger partial charge in [0.05, 0.1) is 24.4 Å². The van der Waals surface area contributed by atoms with E-state index in [1.165, 1.54) is 4.90 Å². The number of nitrogens with one attached hydrogen (secondary N) is 1. The summed E-state index contributed by atoms with van der Waals surface area (Å²) in [5.41, 5.74) is 1.74. The lowest BCUT2D eigenvalue weighted by molar-refractivity contribution is -0.302. The highest BCUT2D eigenvalue weighted by molar-refractivity contribution is 6.39. The Kier molecular flexibility index (Phi) is 17.5. The monoisotopic (exact) mass is 805 g/mol. The minimum absolute atomic E-state index is 0.00405. The van der Waals surface area contributed by atoms with Gasteiger partial charge in [0, 0.05) is 58.1 Å². The number of Topliss-reactive ketones (excluding diaryl/α,β-unsaturated/α-hetero) is 2. The van der Waals surface area contributed by atoms with Gasteiger partial charge < -0.3 is 44.1 Å². The Bertz CT molecular complexity index is 1450. The van der Waals surface area contributed by atoms with Gasteiger partial charge in [-0.25, -0.2) is 4.79 Å². The van der Waals surface area contributed by atoms with Gasteiger partial charge in [-0.05, 0) is 103 Å². The zero-order chi connectivity index (χ0) is 42.2. The smallest absolute Gasteiger partial charge is 0.329 e. The highest BCUT2D eigenvalue weighted by Crippen LogP contribution is 2.39. The molecule has 14 unspecified atom stereocenters. The fourth-order valence-electron chi connectivity index (χ4n) is 9.74. The molecule has 1 saturated carbocycles. The zero-order valence-electron chi connectivity index (χ0n) is 36.2. The first-order valence-corrected chi connectivity index (χ1v) is 21.3. The van der Waals surface area contributed by atoms with Gasteiger partial charge in [-0.3, -0.25) is 14.4 Å². The molecule has 13 nitrogen and oxygen atoms in total. The second kappa shape index (κ2) is 21.1. The Labute approximate surface area is 340 Å². The first-order valence-electron chi connectivity index (χ1n) is 21.3. The van der Waals surface area contributed by atoms with Crippen molar-refractivity contribution < 1.29 is 53.1 Å². The molecular formula is C44H72N2O11. The average Bonchev–Trinajstić information content (AvgIpc) is 3.20. The quantitative estimate of drug-likeness (QED) is 0.185. The molecule has 2 saturated heterocycles. The van der Waals surface area contributed by atoms with Gasteiger partial charge in [0.2, 0.25) is 5.79 Å². The lowest BCUT2D eigenvalue weighted by Gasteiger charge is -2.47. The number of amides is 1. The van der Waals surface area contributed by atoms with E-state index in [0.717, 1.165) is 30.4 Å². The van der Waals surface area contributed by atoms with Gasteiger partial charge in [-0.15, -0.1) is 0 Å². The summed E-state index contributed by atoms with van der Waals surface area (Å²) in [7, 11) is 6.71. The van der Waals surface area contributed by atoms with E-state index in [2.05, 4.69) is 18.3 Å². The second-order valence-corrected chi connectivity index (χ2v) is 17.5. The van der Waals surface area contributed by atoms with Crippen LogP contribution in [0.4, 0.5) is 0 Å². The number of aliphatic hydroxyl groups is 2. The van der Waals surface area contributed by atoms with Gasteiger partial charge in [-0.2, -0.15) is 0 Å². The van der Waals surface area contributed by atoms with Crippen molar-refractivity contribution in [2.45, 2.75) is 167 Å². The molecule has 3 N–H and O–H groups in total. The highest BCUT2D eigenvalue weighted by Gasteiger charge is 2.56. The number of hydrogen-bond acceptors (Lipinski definition) is 12. The van der Waals surface area contributed by atoms with Crippen molar-refractivity contribution in [3.8, 4) is 0 Å². The fraction of sp³-hybridized carbons (Fsp3) is 0.818. The van der Waals surface area contributed by atoms with E-state index in [1.807, 2.05) is 33.9 Å². The van der Waals surface area contributed by atoms with Crippen LogP contribution >= 0.6 is 0 Å². The lowest BCUT2D eigenvalue weighted by atomic mass is 9.81. The summed E-state index contributed by atoms with van der Waals surface area (Å²) in [6.45, 7) is 11.4. The first kappa shape index (κ1) is 47.2. The molecule has 2 bridgehead atoms. The molecule has 1 amide bonds. The number of hydrogen-bond donors (Lipinski definition) is 3. The maximum absolute atomic E-state index is 14.3. The Morgan fingerprint density at radius 3 is 2.26 bits per heavy atom. The molecule has 0 aromatic heterocycles. The number of esters is 1. The number of ether oxygens (including phenoxy) is 5. The number of aliphatic hydroxyl groups excluding tert-OH is 1. The van der Waals surface area contributed by atoms with Crippen molar-refractivity contribution in [1.29, 1.82) is 0 Å². The van der Waals surface area contributed by atoms with E-state index in [-0.39, 0.29) is 55.6 Å². The van der Waals surface area contributed by atoms with E-state index >= 15 is 0 Å². The van der Waals surface area contributed by atoms with Crippen molar-refractivity contribution in [2.24, 2.45) is 29.6 Å². The summed E-state index contributed by atoms with van der Waals surface area (Å²) in [5.74, 6) is -7.20. The average molecular weight is 805 g/mol. The van der Waals surface area contributed by atoms with Crippen molar-refractivity contribution >= 4 is 23.4 Å². The maximum Gasteiger partial charge on any atom is 0.329 e. The van der Waals surface area contributed by atoms with Crippen LogP contribution in [0.25, 0.3) is 0 Å². The molecule has 0 aromatic carbocycles. The van der Waals surface area contributed by atoms with Crippen LogP contribution in [0.5, 0.6) is 0 Å². The third-order valence-corrected chi connectivity index (χ3v) is 13.3. The molecule has 13 heteroatoms. The molecule has 4 rings (SSSR count). The van der Waals surface area contributed by atoms with Gasteiger partial charge in [-0.1, -0.05) is 45.4 Å². The molecule has 4 aliphatic rings.